The molecule has 0 saturated carbocycles. The molecular weight excluding hydrogens is 232 g/mol. The zero-order chi connectivity index (χ0) is 13.2. The minimum absolute atomic E-state index is 0.363. The van der Waals surface area contributed by atoms with Gasteiger partial charge >= 0.3 is 0 Å². The fraction of sp³-hybridized carbons (Fsp3) is 0.111. The third kappa shape index (κ3) is 2.45. The zero-order valence-corrected chi connectivity index (χ0v) is 10.9. The van der Waals surface area contributed by atoms with Crippen LogP contribution in [0.1, 0.15) is 16.7 Å². The van der Waals surface area contributed by atoms with Gasteiger partial charge in [-0.05, 0) is 46.9 Å². The van der Waals surface area contributed by atoms with Crippen LogP contribution < -0.4 is 0 Å². The molecule has 0 aromatic heterocycles. The number of aromatic hydroxyl groups is 1. The number of fused-ring (bicyclic) bond motifs is 1. The van der Waals surface area contributed by atoms with Crippen LogP contribution in [0.2, 0.25) is 0 Å². The Balaban J connectivity index is 1.94. The van der Waals surface area contributed by atoms with Crippen molar-refractivity contribution in [2.45, 2.75) is 13.3 Å². The molecule has 1 nitrogen and oxygen atoms in total. The summed E-state index contributed by atoms with van der Waals surface area (Å²) >= 11 is 0. The average molecular weight is 248 g/mol. The highest BCUT2D eigenvalue weighted by Gasteiger charge is 2.01. The normalized spacial score (nSPS) is 10.8. The van der Waals surface area contributed by atoms with Gasteiger partial charge in [-0.2, -0.15) is 0 Å². The minimum Gasteiger partial charge on any atom is -0.508 e. The third-order valence-electron chi connectivity index (χ3n) is 3.48. The highest BCUT2D eigenvalue weighted by Crippen LogP contribution is 2.21. The molecule has 0 radical (unpaired) electrons. The van der Waals surface area contributed by atoms with Crippen LogP contribution in [0.3, 0.4) is 0 Å². The maximum Gasteiger partial charge on any atom is 0.118 e. The van der Waals surface area contributed by atoms with Gasteiger partial charge in [0.05, 0.1) is 0 Å². The first-order valence-electron chi connectivity index (χ1n) is 6.48. The lowest BCUT2D eigenvalue weighted by Crippen LogP contribution is -1.89. The van der Waals surface area contributed by atoms with Gasteiger partial charge in [-0.15, -0.1) is 0 Å². The first-order chi connectivity index (χ1) is 9.22. The van der Waals surface area contributed by atoms with Gasteiger partial charge in [-0.25, -0.2) is 0 Å². The molecule has 0 bridgehead atoms. The number of rotatable bonds is 2. The Hall–Kier alpha value is -2.28. The summed E-state index contributed by atoms with van der Waals surface area (Å²) in [7, 11) is 0. The maximum absolute atomic E-state index is 9.55. The minimum atomic E-state index is 0.363. The lowest BCUT2D eigenvalue weighted by Gasteiger charge is -2.06. The van der Waals surface area contributed by atoms with Crippen molar-refractivity contribution < 1.29 is 5.11 Å². The number of phenolic OH excluding ortho intramolecular Hbond substituents is 1. The second-order valence-electron chi connectivity index (χ2n) is 4.98. The van der Waals surface area contributed by atoms with E-state index in [1.807, 2.05) is 19.1 Å². The number of benzene rings is 3. The van der Waals surface area contributed by atoms with Crippen LogP contribution in [-0.4, -0.2) is 5.11 Å². The van der Waals surface area contributed by atoms with Gasteiger partial charge < -0.3 is 5.11 Å². The van der Waals surface area contributed by atoms with Gasteiger partial charge in [0, 0.05) is 0 Å². The van der Waals surface area contributed by atoms with Crippen LogP contribution in [-0.2, 0) is 6.42 Å². The highest BCUT2D eigenvalue weighted by atomic mass is 16.3. The van der Waals surface area contributed by atoms with Crippen LogP contribution in [0.5, 0.6) is 5.75 Å². The summed E-state index contributed by atoms with van der Waals surface area (Å²) in [5.74, 6) is 0.363. The molecule has 3 aromatic carbocycles. The molecule has 0 spiro atoms. The summed E-state index contributed by atoms with van der Waals surface area (Å²) in [4.78, 5) is 0. The summed E-state index contributed by atoms with van der Waals surface area (Å²) in [5, 5.41) is 12.1. The van der Waals surface area contributed by atoms with Gasteiger partial charge in [0.25, 0.3) is 0 Å². The van der Waals surface area contributed by atoms with Crippen LogP contribution in [0, 0.1) is 6.92 Å². The predicted octanol–water partition coefficient (Wildman–Crippen LogP) is 4.44. The van der Waals surface area contributed by atoms with Gasteiger partial charge in [0.15, 0.2) is 0 Å². The van der Waals surface area contributed by atoms with E-state index in [1.54, 1.807) is 6.07 Å². The predicted molar refractivity (Wildman–Crippen MR) is 79.6 cm³/mol. The van der Waals surface area contributed by atoms with Crippen LogP contribution in [0.15, 0.2) is 60.7 Å². The van der Waals surface area contributed by atoms with Crippen molar-refractivity contribution in [3.8, 4) is 5.75 Å². The fourth-order valence-electron chi connectivity index (χ4n) is 2.41. The van der Waals surface area contributed by atoms with Crippen molar-refractivity contribution in [1.82, 2.24) is 0 Å². The highest BCUT2D eigenvalue weighted by molar-refractivity contribution is 5.83. The van der Waals surface area contributed by atoms with Crippen molar-refractivity contribution in [3.05, 3.63) is 77.4 Å². The molecule has 0 aliphatic rings. The third-order valence-corrected chi connectivity index (χ3v) is 3.48. The average Bonchev–Trinajstić information content (AvgIpc) is 2.43. The van der Waals surface area contributed by atoms with Crippen molar-refractivity contribution in [2.24, 2.45) is 0 Å². The summed E-state index contributed by atoms with van der Waals surface area (Å²) in [6.45, 7) is 1.93. The van der Waals surface area contributed by atoms with Gasteiger partial charge in [0.2, 0.25) is 0 Å². The van der Waals surface area contributed by atoms with E-state index in [9.17, 15) is 5.11 Å². The lowest BCUT2D eigenvalue weighted by atomic mass is 10.00. The van der Waals surface area contributed by atoms with Crippen LogP contribution >= 0.6 is 0 Å². The fourth-order valence-corrected chi connectivity index (χ4v) is 2.41. The molecule has 0 heterocycles. The molecule has 0 fully saturated rings. The number of hydrogen-bond donors (Lipinski definition) is 1. The SMILES string of the molecule is Cc1cc(Cc2ccc3ccccc3c2)ccc1O. The zero-order valence-electron chi connectivity index (χ0n) is 10.9. The molecule has 0 aliphatic heterocycles. The monoisotopic (exact) mass is 248 g/mol. The van der Waals surface area contributed by atoms with E-state index in [0.29, 0.717) is 5.75 Å². The standard InChI is InChI=1S/C18H16O/c1-13-10-14(7-9-18(13)19)11-15-6-8-16-4-2-3-5-17(16)12-15/h2-10,12,19H,11H2,1H3. The Kier molecular flexibility index (Phi) is 2.96. The van der Waals surface area contributed by atoms with E-state index >= 15 is 0 Å². The van der Waals surface area contributed by atoms with Crippen molar-refractivity contribution in [1.29, 1.82) is 0 Å². The van der Waals surface area contributed by atoms with Crippen LogP contribution in [0.4, 0.5) is 0 Å². The van der Waals surface area contributed by atoms with Gasteiger partial charge in [-0.3, -0.25) is 0 Å². The van der Waals surface area contributed by atoms with E-state index in [-0.39, 0.29) is 0 Å². The lowest BCUT2D eigenvalue weighted by molar-refractivity contribution is 0.471. The molecule has 1 heteroatoms. The van der Waals surface area contributed by atoms with E-state index in [1.165, 1.54) is 21.9 Å². The smallest absolute Gasteiger partial charge is 0.118 e. The Morgan fingerprint density at radius 3 is 2.26 bits per heavy atom. The van der Waals surface area contributed by atoms with E-state index in [0.717, 1.165) is 12.0 Å². The van der Waals surface area contributed by atoms with Crippen molar-refractivity contribution in [3.63, 3.8) is 0 Å². The molecule has 0 atom stereocenters. The molecule has 1 N–H and O–H groups in total. The molecule has 94 valence electrons. The summed E-state index contributed by atoms with van der Waals surface area (Å²) in [5.41, 5.74) is 3.45. The van der Waals surface area contributed by atoms with Crippen LogP contribution in [0.25, 0.3) is 10.8 Å². The second-order valence-corrected chi connectivity index (χ2v) is 4.98. The molecular formula is C18H16O. The Labute approximate surface area is 113 Å². The van der Waals surface area contributed by atoms with E-state index < -0.39 is 0 Å². The molecule has 0 saturated heterocycles. The second kappa shape index (κ2) is 4.77. The summed E-state index contributed by atoms with van der Waals surface area (Å²) in [6, 6.07) is 20.8. The van der Waals surface area contributed by atoms with Gasteiger partial charge in [0.1, 0.15) is 5.75 Å². The molecule has 3 rings (SSSR count). The molecule has 3 aromatic rings. The van der Waals surface area contributed by atoms with Crippen molar-refractivity contribution >= 4 is 10.8 Å². The Morgan fingerprint density at radius 1 is 0.789 bits per heavy atom. The first kappa shape index (κ1) is 11.8. The largest absolute Gasteiger partial charge is 0.508 e. The number of phenols is 1. The first-order valence-corrected chi connectivity index (χ1v) is 6.48. The summed E-state index contributed by atoms with van der Waals surface area (Å²) in [6.07, 6.45) is 0.895. The topological polar surface area (TPSA) is 20.2 Å². The van der Waals surface area contributed by atoms with E-state index in [2.05, 4.69) is 42.5 Å². The number of hydrogen-bond acceptors (Lipinski definition) is 1. The molecule has 0 amide bonds. The molecule has 0 aliphatic carbocycles. The maximum atomic E-state index is 9.55. The quantitative estimate of drug-likeness (QED) is 0.710. The van der Waals surface area contributed by atoms with Gasteiger partial charge in [-0.1, -0.05) is 54.6 Å². The number of aryl methyl sites for hydroxylation is 1. The molecule has 0 unspecified atom stereocenters. The van der Waals surface area contributed by atoms with Crippen molar-refractivity contribution in [2.75, 3.05) is 0 Å². The van der Waals surface area contributed by atoms with E-state index in [4.69, 9.17) is 0 Å². The Bertz CT molecular complexity index is 729. The Morgan fingerprint density at radius 2 is 1.47 bits per heavy atom. The molecule has 19 heavy (non-hydrogen) atoms. The summed E-state index contributed by atoms with van der Waals surface area (Å²) < 4.78 is 0.